The van der Waals surface area contributed by atoms with Gasteiger partial charge in [0.25, 0.3) is 23.2 Å². The van der Waals surface area contributed by atoms with Crippen LogP contribution in [-0.2, 0) is 4.79 Å². The number of benzene rings is 2. The van der Waals surface area contributed by atoms with E-state index in [1.807, 2.05) is 0 Å². The van der Waals surface area contributed by atoms with Gasteiger partial charge in [0, 0.05) is 16.6 Å². The van der Waals surface area contributed by atoms with Gasteiger partial charge in [-0.3, -0.25) is 46.0 Å². The normalized spacial score (nSPS) is 10.0. The van der Waals surface area contributed by atoms with Gasteiger partial charge in [0.15, 0.2) is 11.7 Å². The average Bonchev–Trinajstić information content (AvgIpc) is 2.71. The minimum Gasteiger partial charge on any atom is -0.482 e. The summed E-state index contributed by atoms with van der Waals surface area (Å²) >= 11 is 14.0. The van der Waals surface area contributed by atoms with Gasteiger partial charge in [-0.05, 0) is 30.4 Å². The highest BCUT2D eigenvalue weighted by atomic mass is 79.9. The third-order valence-corrected chi connectivity index (χ3v) is 4.37. The average molecular weight is 533 g/mol. The third kappa shape index (κ3) is 7.13. The molecule has 0 spiro atoms. The van der Waals surface area contributed by atoms with Crippen LogP contribution < -0.4 is 20.9 Å². The number of ether oxygens (including phenoxy) is 1. The Bertz CT molecular complexity index is 1050. The number of carbonyl (C=O) groups is 2. The summed E-state index contributed by atoms with van der Waals surface area (Å²) < 4.78 is 5.97. The molecule has 0 saturated heterocycles. The summed E-state index contributed by atoms with van der Waals surface area (Å²) in [5.41, 5.74) is 2.73. The fourth-order valence-corrected chi connectivity index (χ4v) is 2.91. The summed E-state index contributed by atoms with van der Waals surface area (Å²) in [5, 5.41) is 23.8. The summed E-state index contributed by atoms with van der Waals surface area (Å²) in [4.78, 5) is 44.0. The molecule has 15 heteroatoms. The SMILES string of the molecule is O=C(COc1ccc(Br)cc1Cl)NNC(=S)NC(=O)c1cc([N+](=O)[O-])cc([N+](=O)[O-])c1. The van der Waals surface area contributed by atoms with Crippen molar-refractivity contribution in [1.82, 2.24) is 16.2 Å². The van der Waals surface area contributed by atoms with Crippen LogP contribution in [0.1, 0.15) is 10.4 Å². The van der Waals surface area contributed by atoms with E-state index in [1.165, 1.54) is 0 Å². The van der Waals surface area contributed by atoms with E-state index in [9.17, 15) is 29.8 Å². The zero-order chi connectivity index (χ0) is 23.1. The largest absolute Gasteiger partial charge is 0.482 e. The molecule has 162 valence electrons. The van der Waals surface area contributed by atoms with Crippen molar-refractivity contribution in [3.8, 4) is 5.75 Å². The van der Waals surface area contributed by atoms with Gasteiger partial charge in [-0.1, -0.05) is 27.5 Å². The Morgan fingerprint density at radius 3 is 2.23 bits per heavy atom. The number of nitro benzene ring substituents is 2. The predicted octanol–water partition coefficient (Wildman–Crippen LogP) is 2.63. The molecule has 0 atom stereocenters. The Balaban J connectivity index is 1.90. The lowest BCUT2D eigenvalue weighted by Gasteiger charge is -2.12. The van der Waals surface area contributed by atoms with E-state index in [0.29, 0.717) is 6.07 Å². The van der Waals surface area contributed by atoms with Crippen LogP contribution in [0.3, 0.4) is 0 Å². The van der Waals surface area contributed by atoms with Crippen LogP contribution in [-0.4, -0.2) is 33.4 Å². The zero-order valence-electron chi connectivity index (χ0n) is 15.1. The Morgan fingerprint density at radius 2 is 1.68 bits per heavy atom. The van der Waals surface area contributed by atoms with E-state index in [0.717, 1.165) is 16.6 Å². The third-order valence-electron chi connectivity index (χ3n) is 3.38. The fraction of sp³-hybridized carbons (Fsp3) is 0.0625. The molecule has 31 heavy (non-hydrogen) atoms. The molecule has 3 N–H and O–H groups in total. The molecule has 0 saturated carbocycles. The summed E-state index contributed by atoms with van der Waals surface area (Å²) in [5.74, 6) is -1.36. The lowest BCUT2D eigenvalue weighted by Crippen LogP contribution is -2.49. The Hall–Kier alpha value is -3.36. The molecule has 2 aromatic rings. The van der Waals surface area contributed by atoms with Crippen molar-refractivity contribution in [2.75, 3.05) is 6.61 Å². The second-order valence-corrected chi connectivity index (χ2v) is 7.30. The van der Waals surface area contributed by atoms with Crippen molar-refractivity contribution in [2.45, 2.75) is 0 Å². The molecular weight excluding hydrogens is 522 g/mol. The first kappa shape index (κ1) is 23.9. The van der Waals surface area contributed by atoms with Crippen molar-refractivity contribution < 1.29 is 24.2 Å². The van der Waals surface area contributed by atoms with Crippen LogP contribution in [0.2, 0.25) is 5.02 Å². The molecule has 0 aliphatic heterocycles. The van der Waals surface area contributed by atoms with Gasteiger partial charge in [-0.15, -0.1) is 0 Å². The molecule has 12 nitrogen and oxygen atoms in total. The number of halogens is 2. The number of non-ortho nitro benzene ring substituents is 2. The first-order valence-corrected chi connectivity index (χ1v) is 9.56. The number of nitro groups is 2. The van der Waals surface area contributed by atoms with Crippen molar-refractivity contribution in [2.24, 2.45) is 0 Å². The molecule has 0 radical (unpaired) electrons. The van der Waals surface area contributed by atoms with Crippen LogP contribution in [0.15, 0.2) is 40.9 Å². The van der Waals surface area contributed by atoms with Crippen molar-refractivity contribution in [1.29, 1.82) is 0 Å². The highest BCUT2D eigenvalue weighted by Gasteiger charge is 2.20. The van der Waals surface area contributed by atoms with E-state index in [2.05, 4.69) is 32.1 Å². The molecule has 2 aromatic carbocycles. The van der Waals surface area contributed by atoms with E-state index in [1.54, 1.807) is 18.2 Å². The van der Waals surface area contributed by atoms with Gasteiger partial charge in [0.2, 0.25) is 0 Å². The molecule has 0 aliphatic rings. The number of nitrogens with one attached hydrogen (secondary N) is 3. The van der Waals surface area contributed by atoms with Gasteiger partial charge in [0.05, 0.1) is 26.5 Å². The maximum atomic E-state index is 12.2. The van der Waals surface area contributed by atoms with Crippen molar-refractivity contribution in [3.05, 3.63) is 71.7 Å². The number of thiocarbonyl (C=S) groups is 1. The summed E-state index contributed by atoms with van der Waals surface area (Å²) in [6, 6.07) is 7.20. The summed E-state index contributed by atoms with van der Waals surface area (Å²) in [6.45, 7) is -0.429. The quantitative estimate of drug-likeness (QED) is 0.288. The Kier molecular flexibility index (Phi) is 8.18. The minimum atomic E-state index is -0.962. The predicted molar refractivity (Wildman–Crippen MR) is 116 cm³/mol. The number of amides is 2. The number of rotatable bonds is 6. The maximum Gasteiger partial charge on any atom is 0.277 e. The Labute approximate surface area is 192 Å². The second kappa shape index (κ2) is 10.6. The van der Waals surface area contributed by atoms with Crippen LogP contribution in [0, 0.1) is 20.2 Å². The highest BCUT2D eigenvalue weighted by Crippen LogP contribution is 2.27. The molecule has 0 bridgehead atoms. The first-order chi connectivity index (χ1) is 14.6. The standard InChI is InChI=1S/C16H11BrClN5O7S/c17-9-1-2-13(12(18)5-9)30-7-14(24)20-21-16(31)19-15(25)8-3-10(22(26)27)6-11(4-8)23(28)29/h1-6H,7H2,(H,20,24)(H2,19,21,25,31). The highest BCUT2D eigenvalue weighted by molar-refractivity contribution is 9.10. The van der Waals surface area contributed by atoms with Gasteiger partial charge in [0.1, 0.15) is 5.75 Å². The number of hydrogen-bond acceptors (Lipinski definition) is 8. The summed E-state index contributed by atoms with van der Waals surface area (Å²) in [6.07, 6.45) is 0. The number of hydrogen-bond donors (Lipinski definition) is 3. The smallest absolute Gasteiger partial charge is 0.277 e. The van der Waals surface area contributed by atoms with Gasteiger partial charge in [-0.2, -0.15) is 0 Å². The van der Waals surface area contributed by atoms with E-state index >= 15 is 0 Å². The molecule has 0 aromatic heterocycles. The molecule has 0 fully saturated rings. The fourth-order valence-electron chi connectivity index (χ4n) is 2.04. The lowest BCUT2D eigenvalue weighted by atomic mass is 10.1. The van der Waals surface area contributed by atoms with Gasteiger partial charge in [-0.25, -0.2) is 0 Å². The van der Waals surface area contributed by atoms with Crippen LogP contribution in [0.25, 0.3) is 0 Å². The minimum absolute atomic E-state index is 0.267. The lowest BCUT2D eigenvalue weighted by molar-refractivity contribution is -0.394. The molecule has 0 aliphatic carbocycles. The van der Waals surface area contributed by atoms with Gasteiger partial charge >= 0.3 is 0 Å². The molecule has 2 rings (SSSR count). The molecular formula is C16H11BrClN5O7S. The van der Waals surface area contributed by atoms with Crippen molar-refractivity contribution >= 4 is 68.1 Å². The first-order valence-electron chi connectivity index (χ1n) is 7.98. The van der Waals surface area contributed by atoms with Crippen molar-refractivity contribution in [3.63, 3.8) is 0 Å². The maximum absolute atomic E-state index is 12.2. The van der Waals surface area contributed by atoms with Crippen LogP contribution >= 0.6 is 39.7 Å². The number of nitrogens with zero attached hydrogens (tertiary/aromatic N) is 2. The van der Waals surface area contributed by atoms with Crippen LogP contribution in [0.4, 0.5) is 11.4 Å². The molecule has 0 heterocycles. The number of hydrazine groups is 1. The zero-order valence-corrected chi connectivity index (χ0v) is 18.2. The molecule has 2 amide bonds. The summed E-state index contributed by atoms with van der Waals surface area (Å²) in [7, 11) is 0. The second-order valence-electron chi connectivity index (χ2n) is 5.57. The van der Waals surface area contributed by atoms with E-state index in [4.69, 9.17) is 28.6 Å². The topological polar surface area (TPSA) is 166 Å². The van der Waals surface area contributed by atoms with Gasteiger partial charge < -0.3 is 4.74 Å². The molecule has 0 unspecified atom stereocenters. The monoisotopic (exact) mass is 531 g/mol. The van der Waals surface area contributed by atoms with Crippen LogP contribution in [0.5, 0.6) is 5.75 Å². The Morgan fingerprint density at radius 1 is 1.06 bits per heavy atom. The number of carbonyl (C=O) groups excluding carboxylic acids is 2. The van der Waals surface area contributed by atoms with E-state index < -0.39 is 39.6 Å². The van der Waals surface area contributed by atoms with E-state index in [-0.39, 0.29) is 21.4 Å².